The first-order valence-corrected chi connectivity index (χ1v) is 6.98. The number of anilines is 1. The van der Waals surface area contributed by atoms with E-state index in [0.717, 1.165) is 22.0 Å². The fourth-order valence-corrected chi connectivity index (χ4v) is 2.53. The Labute approximate surface area is 116 Å². The summed E-state index contributed by atoms with van der Waals surface area (Å²) in [7, 11) is 0. The van der Waals surface area contributed by atoms with Crippen LogP contribution < -0.4 is 11.1 Å². The molecule has 0 aliphatic heterocycles. The lowest BCUT2D eigenvalue weighted by Gasteiger charge is -2.13. The third-order valence-corrected chi connectivity index (χ3v) is 3.59. The molecule has 4 nitrogen and oxygen atoms in total. The van der Waals surface area contributed by atoms with Crippen LogP contribution in [-0.2, 0) is 11.2 Å². The number of nitrogens with zero attached hydrogens (tertiary/aromatic N) is 1. The molecule has 0 saturated heterocycles. The molecule has 1 unspecified atom stereocenters. The van der Waals surface area contributed by atoms with Gasteiger partial charge >= 0.3 is 0 Å². The van der Waals surface area contributed by atoms with E-state index in [-0.39, 0.29) is 18.4 Å². The molecule has 0 spiro atoms. The average molecular weight is 275 g/mol. The Bertz CT molecular complexity index is 562. The molecule has 0 bridgehead atoms. The molecular weight excluding hydrogens is 258 g/mol. The molecule has 19 heavy (non-hydrogen) atoms. The number of rotatable bonds is 5. The van der Waals surface area contributed by atoms with Crippen molar-refractivity contribution in [2.24, 2.45) is 5.73 Å². The number of hydrogen-bond acceptors (Lipinski definition) is 4. The summed E-state index contributed by atoms with van der Waals surface area (Å²) in [6, 6.07) is 7.88. The van der Waals surface area contributed by atoms with Crippen LogP contribution in [0.4, 0.5) is 5.69 Å². The number of thiazole rings is 1. The summed E-state index contributed by atoms with van der Waals surface area (Å²) in [6.45, 7) is 4.07. The third-order valence-electron chi connectivity index (χ3n) is 2.80. The molecule has 1 atom stereocenters. The maximum atomic E-state index is 10.8. The van der Waals surface area contributed by atoms with E-state index >= 15 is 0 Å². The highest BCUT2D eigenvalue weighted by atomic mass is 32.1. The molecule has 2 rings (SSSR count). The van der Waals surface area contributed by atoms with Crippen molar-refractivity contribution in [2.75, 3.05) is 5.32 Å². The summed E-state index contributed by atoms with van der Waals surface area (Å²) in [5, 5.41) is 6.51. The first kappa shape index (κ1) is 13.5. The molecule has 1 aromatic heterocycles. The van der Waals surface area contributed by atoms with Crippen molar-refractivity contribution in [2.45, 2.75) is 26.3 Å². The average Bonchev–Trinajstić information content (AvgIpc) is 2.78. The predicted octanol–water partition coefficient (Wildman–Crippen LogP) is 2.65. The van der Waals surface area contributed by atoms with Gasteiger partial charge in [0.1, 0.15) is 0 Å². The maximum absolute atomic E-state index is 10.8. The van der Waals surface area contributed by atoms with Gasteiger partial charge in [0.15, 0.2) is 0 Å². The minimum Gasteiger partial charge on any atom is -0.377 e. The highest BCUT2D eigenvalue weighted by molar-refractivity contribution is 7.09. The summed E-state index contributed by atoms with van der Waals surface area (Å²) >= 11 is 1.65. The van der Waals surface area contributed by atoms with Crippen LogP contribution in [0.15, 0.2) is 29.6 Å². The number of benzene rings is 1. The van der Waals surface area contributed by atoms with Crippen LogP contribution in [-0.4, -0.2) is 10.9 Å². The van der Waals surface area contributed by atoms with Gasteiger partial charge in [0.2, 0.25) is 5.91 Å². The van der Waals surface area contributed by atoms with Gasteiger partial charge in [0, 0.05) is 11.1 Å². The number of carbonyl (C=O) groups excluding carboxylic acids is 1. The first-order valence-electron chi connectivity index (χ1n) is 6.10. The minimum atomic E-state index is -0.313. The topological polar surface area (TPSA) is 68.0 Å². The fraction of sp³-hybridized carbons (Fsp3) is 0.286. The predicted molar refractivity (Wildman–Crippen MR) is 78.2 cm³/mol. The number of amides is 1. The van der Waals surface area contributed by atoms with E-state index in [0.29, 0.717) is 0 Å². The summed E-state index contributed by atoms with van der Waals surface area (Å²) in [4.78, 5) is 15.3. The largest absolute Gasteiger partial charge is 0.377 e. The lowest BCUT2D eigenvalue weighted by atomic mass is 10.1. The third kappa shape index (κ3) is 3.79. The molecular formula is C14H17N3OS. The monoisotopic (exact) mass is 275 g/mol. The van der Waals surface area contributed by atoms with Crippen LogP contribution in [0.25, 0.3) is 0 Å². The zero-order valence-corrected chi connectivity index (χ0v) is 11.8. The van der Waals surface area contributed by atoms with Crippen molar-refractivity contribution in [3.05, 3.63) is 45.9 Å². The fourth-order valence-electron chi connectivity index (χ4n) is 1.82. The molecule has 0 aliphatic rings. The molecule has 0 aliphatic carbocycles. The Hall–Kier alpha value is -1.88. The lowest BCUT2D eigenvalue weighted by Crippen LogP contribution is -2.13. The lowest BCUT2D eigenvalue weighted by molar-refractivity contribution is -0.117. The van der Waals surface area contributed by atoms with Gasteiger partial charge in [-0.3, -0.25) is 4.79 Å². The van der Waals surface area contributed by atoms with Crippen molar-refractivity contribution in [3.8, 4) is 0 Å². The van der Waals surface area contributed by atoms with Crippen LogP contribution in [0.2, 0.25) is 0 Å². The van der Waals surface area contributed by atoms with Gasteiger partial charge in [0.25, 0.3) is 0 Å². The van der Waals surface area contributed by atoms with E-state index in [1.165, 1.54) is 0 Å². The second-order valence-electron chi connectivity index (χ2n) is 4.50. The molecule has 0 radical (unpaired) electrons. The van der Waals surface area contributed by atoms with Crippen molar-refractivity contribution in [1.29, 1.82) is 0 Å². The van der Waals surface area contributed by atoms with Gasteiger partial charge in [-0.25, -0.2) is 4.98 Å². The zero-order chi connectivity index (χ0) is 13.8. The van der Waals surface area contributed by atoms with E-state index in [1.807, 2.05) is 31.2 Å². The number of carbonyl (C=O) groups is 1. The smallest absolute Gasteiger partial charge is 0.221 e. The second kappa shape index (κ2) is 5.84. The first-order chi connectivity index (χ1) is 9.04. The van der Waals surface area contributed by atoms with Gasteiger partial charge in [-0.15, -0.1) is 11.3 Å². The summed E-state index contributed by atoms with van der Waals surface area (Å²) in [6.07, 6.45) is 0.279. The van der Waals surface area contributed by atoms with E-state index in [1.54, 1.807) is 11.3 Å². The summed E-state index contributed by atoms with van der Waals surface area (Å²) in [5.74, 6) is -0.313. The van der Waals surface area contributed by atoms with Gasteiger partial charge in [0.05, 0.1) is 23.2 Å². The molecule has 100 valence electrons. The second-order valence-corrected chi connectivity index (χ2v) is 5.56. The van der Waals surface area contributed by atoms with Crippen molar-refractivity contribution in [3.63, 3.8) is 0 Å². The Morgan fingerprint density at radius 2 is 2.11 bits per heavy atom. The molecule has 0 saturated carbocycles. The Morgan fingerprint density at radius 3 is 2.63 bits per heavy atom. The molecule has 1 amide bonds. The number of aromatic nitrogens is 1. The number of primary amides is 1. The summed E-state index contributed by atoms with van der Waals surface area (Å²) in [5.41, 5.74) is 8.14. The van der Waals surface area contributed by atoms with Crippen LogP contribution in [0.3, 0.4) is 0 Å². The van der Waals surface area contributed by atoms with Crippen molar-refractivity contribution in [1.82, 2.24) is 4.98 Å². The number of hydrogen-bond donors (Lipinski definition) is 2. The van der Waals surface area contributed by atoms with E-state index in [4.69, 9.17) is 5.73 Å². The van der Waals surface area contributed by atoms with Gasteiger partial charge < -0.3 is 11.1 Å². The number of aryl methyl sites for hydroxylation is 1. The van der Waals surface area contributed by atoms with E-state index in [9.17, 15) is 4.79 Å². The zero-order valence-electron chi connectivity index (χ0n) is 11.0. The number of nitrogens with one attached hydrogen (secondary N) is 1. The highest BCUT2D eigenvalue weighted by Gasteiger charge is 2.08. The molecule has 1 aromatic carbocycles. The van der Waals surface area contributed by atoms with Gasteiger partial charge in [-0.1, -0.05) is 12.1 Å². The Balaban J connectivity index is 2.01. The quantitative estimate of drug-likeness (QED) is 0.881. The Morgan fingerprint density at radius 1 is 1.42 bits per heavy atom. The van der Waals surface area contributed by atoms with Crippen LogP contribution >= 0.6 is 11.3 Å². The molecule has 5 heteroatoms. The van der Waals surface area contributed by atoms with Gasteiger partial charge in [-0.05, 0) is 31.5 Å². The summed E-state index contributed by atoms with van der Waals surface area (Å²) < 4.78 is 0. The van der Waals surface area contributed by atoms with E-state index < -0.39 is 0 Å². The molecule has 1 heterocycles. The maximum Gasteiger partial charge on any atom is 0.221 e. The Kier molecular flexibility index (Phi) is 4.16. The highest BCUT2D eigenvalue weighted by Crippen LogP contribution is 2.21. The minimum absolute atomic E-state index is 0.159. The van der Waals surface area contributed by atoms with Crippen molar-refractivity contribution < 1.29 is 4.79 Å². The van der Waals surface area contributed by atoms with Gasteiger partial charge in [-0.2, -0.15) is 0 Å². The van der Waals surface area contributed by atoms with Crippen LogP contribution in [0, 0.1) is 6.92 Å². The molecule has 2 aromatic rings. The standard InChI is InChI=1S/C14H17N3OS/c1-9(13-8-19-10(2)17-13)16-12-5-3-11(4-6-12)7-14(15)18/h3-6,8-9,16H,7H2,1-2H3,(H2,15,18). The van der Waals surface area contributed by atoms with Crippen molar-refractivity contribution >= 4 is 22.9 Å². The molecule has 3 N–H and O–H groups in total. The number of nitrogens with two attached hydrogens (primary N) is 1. The van der Waals surface area contributed by atoms with Crippen LogP contribution in [0.5, 0.6) is 0 Å². The normalized spacial score (nSPS) is 12.1. The SMILES string of the molecule is Cc1nc(C(C)Nc2ccc(CC(N)=O)cc2)cs1. The molecule has 0 fully saturated rings. The van der Waals surface area contributed by atoms with E-state index in [2.05, 4.69) is 22.6 Å². The van der Waals surface area contributed by atoms with Crippen LogP contribution in [0.1, 0.15) is 29.2 Å².